The quantitative estimate of drug-likeness (QED) is 0.159. The molecule has 38 heavy (non-hydrogen) atoms. The molecule has 2 saturated carbocycles. The number of nitrogens with zero attached hydrogens (tertiary/aromatic N) is 4. The summed E-state index contributed by atoms with van der Waals surface area (Å²) >= 11 is 0. The molecule has 2 amide bonds. The van der Waals surface area contributed by atoms with Crippen molar-refractivity contribution in [3.05, 3.63) is 93.8 Å². The van der Waals surface area contributed by atoms with E-state index in [1.165, 1.54) is 12.1 Å². The van der Waals surface area contributed by atoms with Gasteiger partial charge in [0.25, 0.3) is 17.5 Å². The van der Waals surface area contributed by atoms with Crippen molar-refractivity contribution in [3.8, 4) is 16.8 Å². The molecule has 3 fully saturated rings. The number of benzene rings is 2. The Morgan fingerprint density at radius 1 is 0.895 bits per heavy atom. The maximum Gasteiger partial charge on any atom is 0.269 e. The first-order valence-electron chi connectivity index (χ1n) is 13.0. The minimum atomic E-state index is -0.406. The van der Waals surface area contributed by atoms with Crippen LogP contribution >= 0.6 is 0 Å². The smallest absolute Gasteiger partial charge is 0.269 e. The molecule has 2 heterocycles. The molecular weight excluding hydrogens is 480 g/mol. The van der Waals surface area contributed by atoms with Crippen molar-refractivity contribution in [1.29, 1.82) is 0 Å². The van der Waals surface area contributed by atoms with Gasteiger partial charge >= 0.3 is 0 Å². The molecule has 0 N–H and O–H groups in total. The minimum Gasteiger partial charge on any atom is -0.318 e. The number of carbonyl (C=O) groups excluding carboxylic acids is 2. The Morgan fingerprint density at radius 3 is 2.00 bits per heavy atom. The van der Waals surface area contributed by atoms with Crippen LogP contribution in [-0.2, 0) is 9.59 Å². The number of hydrogen-bond donors (Lipinski definition) is 0. The van der Waals surface area contributed by atoms with Gasteiger partial charge in [-0.2, -0.15) is 10.1 Å². The van der Waals surface area contributed by atoms with E-state index in [2.05, 4.69) is 21.8 Å². The van der Waals surface area contributed by atoms with Crippen molar-refractivity contribution < 1.29 is 14.5 Å². The Hall–Kier alpha value is -4.33. The van der Waals surface area contributed by atoms with Crippen LogP contribution in [0.3, 0.4) is 0 Å². The number of non-ortho nitro benzene ring substituents is 1. The van der Waals surface area contributed by atoms with Gasteiger partial charge in [-0.1, -0.05) is 24.3 Å². The van der Waals surface area contributed by atoms with Gasteiger partial charge in [-0.05, 0) is 85.4 Å². The van der Waals surface area contributed by atoms with Gasteiger partial charge in [0, 0.05) is 34.8 Å². The molecule has 6 atom stereocenters. The first kappa shape index (κ1) is 22.8. The van der Waals surface area contributed by atoms with Crippen LogP contribution in [0.15, 0.2) is 71.9 Å². The second kappa shape index (κ2) is 8.08. The summed E-state index contributed by atoms with van der Waals surface area (Å²) in [5, 5.41) is 16.5. The van der Waals surface area contributed by atoms with Crippen LogP contribution in [0.25, 0.3) is 16.8 Å². The molecule has 3 aromatic rings. The number of carbonyl (C=O) groups is 2. The zero-order valence-corrected chi connectivity index (χ0v) is 21.0. The third-order valence-corrected chi connectivity index (χ3v) is 8.96. The number of nitro groups is 1. The number of allylic oxidation sites excluding steroid dienone is 2. The lowest BCUT2D eigenvalue weighted by molar-refractivity contribution is -0.384. The topological polar surface area (TPSA) is 97.8 Å². The summed E-state index contributed by atoms with van der Waals surface area (Å²) in [5.74, 6) is 0.694. The van der Waals surface area contributed by atoms with Gasteiger partial charge in [-0.3, -0.25) is 19.7 Å². The molecule has 5 aliphatic rings. The van der Waals surface area contributed by atoms with Crippen molar-refractivity contribution in [2.24, 2.45) is 40.6 Å². The van der Waals surface area contributed by atoms with Gasteiger partial charge in [-0.25, -0.2) is 0 Å². The molecule has 0 unspecified atom stereocenters. The van der Waals surface area contributed by atoms with E-state index >= 15 is 0 Å². The third-order valence-electron chi connectivity index (χ3n) is 8.96. The van der Waals surface area contributed by atoms with Crippen molar-refractivity contribution >= 4 is 23.7 Å². The van der Waals surface area contributed by atoms with E-state index in [0.29, 0.717) is 11.8 Å². The van der Waals surface area contributed by atoms with Crippen LogP contribution < -0.4 is 0 Å². The van der Waals surface area contributed by atoms with Gasteiger partial charge in [-0.15, -0.1) is 0 Å². The van der Waals surface area contributed by atoms with E-state index < -0.39 is 4.92 Å². The fourth-order valence-electron chi connectivity index (χ4n) is 7.07. The molecule has 0 spiro atoms. The number of imide groups is 1. The van der Waals surface area contributed by atoms with E-state index in [1.54, 1.807) is 18.3 Å². The van der Waals surface area contributed by atoms with Crippen molar-refractivity contribution in [2.45, 2.75) is 20.3 Å². The summed E-state index contributed by atoms with van der Waals surface area (Å²) in [6.45, 7) is 3.99. The summed E-state index contributed by atoms with van der Waals surface area (Å²) in [7, 11) is 0. The predicted octanol–water partition coefficient (Wildman–Crippen LogP) is 5.06. The van der Waals surface area contributed by atoms with Gasteiger partial charge in [0.1, 0.15) is 0 Å². The Kier molecular flexibility index (Phi) is 4.86. The normalized spacial score (nSPS) is 28.7. The minimum absolute atomic E-state index is 0.0647. The van der Waals surface area contributed by atoms with Crippen molar-refractivity contribution in [1.82, 2.24) is 9.58 Å². The fraction of sp³-hybridized carbons (Fsp3) is 0.300. The summed E-state index contributed by atoms with van der Waals surface area (Å²) in [5.41, 5.74) is 5.69. The number of amides is 2. The highest BCUT2D eigenvalue weighted by Gasteiger charge is 2.67. The monoisotopic (exact) mass is 506 g/mol. The van der Waals surface area contributed by atoms with E-state index in [4.69, 9.17) is 0 Å². The van der Waals surface area contributed by atoms with Gasteiger partial charge in [0.05, 0.1) is 23.0 Å². The van der Waals surface area contributed by atoms with E-state index in [0.717, 1.165) is 45.2 Å². The molecule has 8 nitrogen and oxygen atoms in total. The molecule has 1 saturated heterocycles. The average molecular weight is 507 g/mol. The molecule has 1 aromatic heterocycles. The van der Waals surface area contributed by atoms with Crippen LogP contribution in [0, 0.1) is 59.5 Å². The van der Waals surface area contributed by atoms with Crippen LogP contribution in [0.4, 0.5) is 5.69 Å². The largest absolute Gasteiger partial charge is 0.318 e. The lowest BCUT2D eigenvalue weighted by Gasteiger charge is -2.37. The predicted molar refractivity (Wildman–Crippen MR) is 141 cm³/mol. The number of rotatable bonds is 5. The highest BCUT2D eigenvalue weighted by Crippen LogP contribution is 2.65. The maximum absolute atomic E-state index is 13.2. The summed E-state index contributed by atoms with van der Waals surface area (Å²) in [6.07, 6.45) is 7.10. The van der Waals surface area contributed by atoms with Gasteiger partial charge in [0.15, 0.2) is 0 Å². The third kappa shape index (κ3) is 3.25. The molecule has 2 aromatic carbocycles. The molecule has 190 valence electrons. The SMILES string of the molecule is Cc1cc(/C=N\N2C(=O)[C@@H]3[C@H]4C=C[C@@H]([C@@H]5C[C@@H]45)[C@H]3C2=O)c(C)n1-c1ccc(-c2ccc([N+](=O)[O-])cc2)cc1. The Balaban J connectivity index is 1.12. The Bertz CT molecular complexity index is 1530. The number of hydrogen-bond acceptors (Lipinski definition) is 5. The molecule has 8 rings (SSSR count). The van der Waals surface area contributed by atoms with Gasteiger partial charge < -0.3 is 4.57 Å². The lowest BCUT2D eigenvalue weighted by atomic mass is 9.63. The summed E-state index contributed by atoms with van der Waals surface area (Å²) in [4.78, 5) is 37.0. The number of aryl methyl sites for hydroxylation is 1. The van der Waals surface area contributed by atoms with Crippen LogP contribution in [0.5, 0.6) is 0 Å². The second-order valence-corrected chi connectivity index (χ2v) is 10.9. The van der Waals surface area contributed by atoms with Crippen LogP contribution in [-0.4, -0.2) is 32.5 Å². The highest BCUT2D eigenvalue weighted by atomic mass is 16.6. The van der Waals surface area contributed by atoms with E-state index in [1.807, 2.05) is 44.2 Å². The first-order chi connectivity index (χ1) is 18.3. The molecule has 0 radical (unpaired) electrons. The second-order valence-electron chi connectivity index (χ2n) is 10.9. The standard InChI is InChI=1S/C30H26N4O4/c1-16-13-20(15-31-33-29(35)27-23-11-12-24(26-14-25(23)26)28(27)30(33)36)17(2)32(16)21-7-3-18(4-8-21)19-5-9-22(10-6-19)34(37)38/h3-13,15,23-28H,14H2,1-2H3/b31-15-/t23-,24-,25-,26-,27+,28+/m0/s1. The zero-order chi connectivity index (χ0) is 26.3. The molecule has 8 heteroatoms. The molecule has 1 aliphatic heterocycles. The highest BCUT2D eigenvalue weighted by molar-refractivity contribution is 6.06. The van der Waals surface area contributed by atoms with Crippen LogP contribution in [0.1, 0.15) is 23.4 Å². The number of hydrazone groups is 1. The van der Waals surface area contributed by atoms with Crippen molar-refractivity contribution in [2.75, 3.05) is 0 Å². The Morgan fingerprint density at radius 2 is 1.45 bits per heavy atom. The zero-order valence-electron chi connectivity index (χ0n) is 21.0. The van der Waals surface area contributed by atoms with E-state index in [9.17, 15) is 19.7 Å². The molecular formula is C30H26N4O4. The molecule has 4 aliphatic carbocycles. The maximum atomic E-state index is 13.2. The summed E-state index contributed by atoms with van der Waals surface area (Å²) in [6, 6.07) is 16.5. The summed E-state index contributed by atoms with van der Waals surface area (Å²) < 4.78 is 2.10. The number of aromatic nitrogens is 1. The Labute approximate surface area is 219 Å². The first-order valence-corrected chi connectivity index (χ1v) is 13.0. The fourth-order valence-corrected chi connectivity index (χ4v) is 7.07. The average Bonchev–Trinajstić information content (AvgIpc) is 3.65. The van der Waals surface area contributed by atoms with E-state index in [-0.39, 0.29) is 41.2 Å². The number of nitro benzene ring substituents is 1. The van der Waals surface area contributed by atoms with Crippen molar-refractivity contribution in [3.63, 3.8) is 0 Å². The van der Waals surface area contributed by atoms with Gasteiger partial charge in [0.2, 0.25) is 0 Å². The lowest BCUT2D eigenvalue weighted by Crippen LogP contribution is -2.40. The van der Waals surface area contributed by atoms with Crippen LogP contribution in [0.2, 0.25) is 0 Å². The molecule has 2 bridgehead atoms.